The Morgan fingerprint density at radius 2 is 2.23 bits per heavy atom. The van der Waals surface area contributed by atoms with Crippen molar-refractivity contribution in [3.8, 4) is 0 Å². The van der Waals surface area contributed by atoms with Crippen LogP contribution in [0.15, 0.2) is 18.2 Å². The van der Waals surface area contributed by atoms with Gasteiger partial charge >= 0.3 is 0 Å². The van der Waals surface area contributed by atoms with Crippen molar-refractivity contribution >= 4 is 29.3 Å². The van der Waals surface area contributed by atoms with E-state index in [4.69, 9.17) is 23.2 Å². The molecule has 0 radical (unpaired) electrons. The summed E-state index contributed by atoms with van der Waals surface area (Å²) in [7, 11) is 0. The zero-order valence-electron chi connectivity index (χ0n) is 7.43. The molecule has 0 aromatic carbocycles. The van der Waals surface area contributed by atoms with Crippen LogP contribution in [-0.4, -0.2) is 10.9 Å². The standard InChI is InChI=1S/C10H11Cl2N/c1-8-5-6-9(10(12)13-8)4-2-3-7-11/h2,4-6H,3,7H2,1H3. The summed E-state index contributed by atoms with van der Waals surface area (Å²) in [5.41, 5.74) is 1.87. The molecule has 0 aliphatic heterocycles. The van der Waals surface area contributed by atoms with Crippen LogP contribution in [0.3, 0.4) is 0 Å². The van der Waals surface area contributed by atoms with Gasteiger partial charge in [-0.15, -0.1) is 11.6 Å². The first-order valence-corrected chi connectivity index (χ1v) is 5.01. The molecule has 0 aliphatic carbocycles. The Bertz CT molecular complexity index is 308. The van der Waals surface area contributed by atoms with Gasteiger partial charge in [0.1, 0.15) is 5.15 Å². The summed E-state index contributed by atoms with van der Waals surface area (Å²) in [6.45, 7) is 1.91. The molecule has 0 saturated carbocycles. The number of rotatable bonds is 3. The van der Waals surface area contributed by atoms with Crippen molar-refractivity contribution in [2.45, 2.75) is 13.3 Å². The third kappa shape index (κ3) is 3.37. The maximum atomic E-state index is 5.91. The highest BCUT2D eigenvalue weighted by atomic mass is 35.5. The SMILES string of the molecule is Cc1ccc(C=CCCCl)c(Cl)n1. The Kier molecular flexibility index (Phi) is 4.26. The van der Waals surface area contributed by atoms with Crippen molar-refractivity contribution in [1.29, 1.82) is 0 Å². The van der Waals surface area contributed by atoms with Crippen LogP contribution in [0, 0.1) is 6.92 Å². The van der Waals surface area contributed by atoms with Crippen LogP contribution < -0.4 is 0 Å². The molecule has 0 N–H and O–H groups in total. The normalized spacial score (nSPS) is 11.0. The highest BCUT2D eigenvalue weighted by Gasteiger charge is 1.96. The van der Waals surface area contributed by atoms with Gasteiger partial charge in [0.15, 0.2) is 0 Å². The zero-order chi connectivity index (χ0) is 9.68. The number of pyridine rings is 1. The smallest absolute Gasteiger partial charge is 0.136 e. The Balaban J connectivity index is 2.77. The minimum Gasteiger partial charge on any atom is -0.241 e. The number of alkyl halides is 1. The molecule has 1 nitrogen and oxygen atoms in total. The molecule has 0 fully saturated rings. The first kappa shape index (κ1) is 10.6. The topological polar surface area (TPSA) is 12.9 Å². The fourth-order valence-electron chi connectivity index (χ4n) is 0.933. The number of hydrogen-bond donors (Lipinski definition) is 0. The summed E-state index contributed by atoms with van der Waals surface area (Å²) in [5, 5.41) is 0.547. The van der Waals surface area contributed by atoms with Gasteiger partial charge in [0.2, 0.25) is 0 Å². The maximum absolute atomic E-state index is 5.91. The predicted molar refractivity (Wildman–Crippen MR) is 58.4 cm³/mol. The largest absolute Gasteiger partial charge is 0.241 e. The van der Waals surface area contributed by atoms with Crippen LogP contribution in [0.25, 0.3) is 6.08 Å². The fourth-order valence-corrected chi connectivity index (χ4v) is 1.32. The van der Waals surface area contributed by atoms with Crippen LogP contribution in [-0.2, 0) is 0 Å². The van der Waals surface area contributed by atoms with E-state index in [0.717, 1.165) is 17.7 Å². The molecule has 0 bridgehead atoms. The molecule has 1 heterocycles. The van der Waals surface area contributed by atoms with Gasteiger partial charge in [0.05, 0.1) is 0 Å². The summed E-state index contributed by atoms with van der Waals surface area (Å²) >= 11 is 11.4. The first-order valence-electron chi connectivity index (χ1n) is 4.09. The first-order chi connectivity index (χ1) is 6.24. The average molecular weight is 216 g/mol. The number of hydrogen-bond acceptors (Lipinski definition) is 1. The second-order valence-corrected chi connectivity index (χ2v) is 3.45. The van der Waals surface area contributed by atoms with Gasteiger partial charge in [-0.2, -0.15) is 0 Å². The number of halogens is 2. The molecule has 1 aromatic rings. The van der Waals surface area contributed by atoms with Gasteiger partial charge in [0.25, 0.3) is 0 Å². The lowest BCUT2D eigenvalue weighted by molar-refractivity contribution is 1.19. The third-order valence-electron chi connectivity index (χ3n) is 1.59. The van der Waals surface area contributed by atoms with E-state index in [1.54, 1.807) is 0 Å². The lowest BCUT2D eigenvalue weighted by Crippen LogP contribution is -1.84. The highest BCUT2D eigenvalue weighted by molar-refractivity contribution is 6.30. The molecule has 0 unspecified atom stereocenters. The van der Waals surface area contributed by atoms with Crippen LogP contribution in [0.2, 0.25) is 5.15 Å². The summed E-state index contributed by atoms with van der Waals surface area (Å²) in [4.78, 5) is 4.13. The van der Waals surface area contributed by atoms with Crippen molar-refractivity contribution in [2.75, 3.05) is 5.88 Å². The van der Waals surface area contributed by atoms with Crippen molar-refractivity contribution in [2.24, 2.45) is 0 Å². The second kappa shape index (κ2) is 5.25. The summed E-state index contributed by atoms with van der Waals surface area (Å²) in [6, 6.07) is 3.89. The minimum atomic E-state index is 0.547. The van der Waals surface area contributed by atoms with Crippen LogP contribution in [0.1, 0.15) is 17.7 Å². The molecule has 0 saturated heterocycles. The zero-order valence-corrected chi connectivity index (χ0v) is 8.94. The molecule has 3 heteroatoms. The van der Waals surface area contributed by atoms with Gasteiger partial charge in [-0.1, -0.05) is 29.8 Å². The number of allylic oxidation sites excluding steroid dienone is 1. The van der Waals surface area contributed by atoms with Crippen molar-refractivity contribution < 1.29 is 0 Å². The van der Waals surface area contributed by atoms with Crippen LogP contribution >= 0.6 is 23.2 Å². The molecule has 13 heavy (non-hydrogen) atoms. The van der Waals surface area contributed by atoms with E-state index in [0.29, 0.717) is 11.0 Å². The minimum absolute atomic E-state index is 0.547. The van der Waals surface area contributed by atoms with E-state index >= 15 is 0 Å². The Morgan fingerprint density at radius 1 is 1.46 bits per heavy atom. The van der Waals surface area contributed by atoms with Crippen LogP contribution in [0.4, 0.5) is 0 Å². The van der Waals surface area contributed by atoms with Gasteiger partial charge < -0.3 is 0 Å². The quantitative estimate of drug-likeness (QED) is 0.554. The summed E-state index contributed by atoms with van der Waals surface area (Å²) in [5.74, 6) is 0.632. The molecular formula is C10H11Cl2N. The number of aryl methyl sites for hydroxylation is 1. The highest BCUT2D eigenvalue weighted by Crippen LogP contribution is 2.15. The monoisotopic (exact) mass is 215 g/mol. The second-order valence-electron chi connectivity index (χ2n) is 2.71. The molecule has 0 atom stereocenters. The van der Waals surface area contributed by atoms with E-state index < -0.39 is 0 Å². The maximum Gasteiger partial charge on any atom is 0.136 e. The van der Waals surface area contributed by atoms with Crippen molar-refractivity contribution in [3.05, 3.63) is 34.6 Å². The Labute approximate surface area is 88.4 Å². The third-order valence-corrected chi connectivity index (χ3v) is 2.11. The lowest BCUT2D eigenvalue weighted by atomic mass is 10.2. The molecule has 1 rings (SSSR count). The predicted octanol–water partition coefficient (Wildman–Crippen LogP) is 3.69. The number of aromatic nitrogens is 1. The lowest BCUT2D eigenvalue weighted by Gasteiger charge is -1.97. The summed E-state index contributed by atoms with van der Waals surface area (Å²) < 4.78 is 0. The molecular weight excluding hydrogens is 205 g/mol. The van der Waals surface area contributed by atoms with Gasteiger partial charge in [-0.25, -0.2) is 4.98 Å². The Hall–Kier alpha value is -0.530. The van der Waals surface area contributed by atoms with E-state index in [1.165, 1.54) is 0 Å². The van der Waals surface area contributed by atoms with E-state index in [-0.39, 0.29) is 0 Å². The van der Waals surface area contributed by atoms with Crippen LogP contribution in [0.5, 0.6) is 0 Å². The van der Waals surface area contributed by atoms with Crippen molar-refractivity contribution in [3.63, 3.8) is 0 Å². The van der Waals surface area contributed by atoms with E-state index in [2.05, 4.69) is 4.98 Å². The van der Waals surface area contributed by atoms with Crippen molar-refractivity contribution in [1.82, 2.24) is 4.98 Å². The van der Waals surface area contributed by atoms with E-state index in [9.17, 15) is 0 Å². The molecule has 0 spiro atoms. The number of nitrogens with zero attached hydrogens (tertiary/aromatic N) is 1. The molecule has 1 aromatic heterocycles. The average Bonchev–Trinajstić information content (AvgIpc) is 2.09. The summed E-state index contributed by atoms with van der Waals surface area (Å²) in [6.07, 6.45) is 4.79. The van der Waals surface area contributed by atoms with E-state index in [1.807, 2.05) is 31.2 Å². The molecule has 0 amide bonds. The van der Waals surface area contributed by atoms with Gasteiger partial charge in [0, 0.05) is 17.1 Å². The fraction of sp³-hybridized carbons (Fsp3) is 0.300. The molecule has 70 valence electrons. The Morgan fingerprint density at radius 3 is 2.85 bits per heavy atom. The van der Waals surface area contributed by atoms with Gasteiger partial charge in [-0.05, 0) is 19.4 Å². The van der Waals surface area contributed by atoms with Gasteiger partial charge in [-0.3, -0.25) is 0 Å². The molecule has 0 aliphatic rings.